The molecule has 1 N–H and O–H groups in total. The van der Waals surface area contributed by atoms with Crippen molar-refractivity contribution in [3.8, 4) is 22.6 Å². The maximum Gasteiger partial charge on any atom is 0.316 e. The Kier molecular flexibility index (Phi) is 5.11. The summed E-state index contributed by atoms with van der Waals surface area (Å²) in [5.41, 5.74) is 1.96. The maximum absolute atomic E-state index is 13.2. The molecule has 0 fully saturated rings. The number of benzene rings is 2. The van der Waals surface area contributed by atoms with E-state index in [0.29, 0.717) is 22.0 Å². The topological polar surface area (TPSA) is 63.3 Å². The van der Waals surface area contributed by atoms with Crippen molar-refractivity contribution in [3.63, 3.8) is 0 Å². The van der Waals surface area contributed by atoms with Crippen LogP contribution in [0, 0.1) is 5.82 Å². The maximum atomic E-state index is 13.2. The van der Waals surface area contributed by atoms with Crippen molar-refractivity contribution in [1.82, 2.24) is 4.98 Å². The Balaban J connectivity index is 2.07. The second-order valence-electron chi connectivity index (χ2n) is 5.27. The van der Waals surface area contributed by atoms with E-state index in [1.165, 1.54) is 12.1 Å². The normalized spacial score (nSPS) is 12.1. The number of carbonyl (C=O) groups is 1. The average molecular weight is 378 g/mol. The third-order valence-corrected chi connectivity index (χ3v) is 4.64. The average Bonchev–Trinajstić information content (AvgIpc) is 3.00. The standard InChI is InChI=1S/C18H13ClFNO3S/c1-10(17(22)23)25-18-21-15(11-2-6-13(19)7-3-11)16(24-18)12-4-8-14(20)9-5-12/h2-10H,1H3,(H,22,23). The van der Waals surface area contributed by atoms with E-state index in [1.807, 2.05) is 0 Å². The minimum atomic E-state index is -0.959. The van der Waals surface area contributed by atoms with Gasteiger partial charge in [-0.3, -0.25) is 4.79 Å². The van der Waals surface area contributed by atoms with Crippen molar-refractivity contribution < 1.29 is 18.7 Å². The van der Waals surface area contributed by atoms with Gasteiger partial charge in [0.05, 0.1) is 0 Å². The molecule has 0 radical (unpaired) electrons. The minimum Gasteiger partial charge on any atom is -0.480 e. The van der Waals surface area contributed by atoms with Gasteiger partial charge in [-0.15, -0.1) is 0 Å². The molecular weight excluding hydrogens is 365 g/mol. The Labute approximate surface area is 152 Å². The van der Waals surface area contributed by atoms with Crippen molar-refractivity contribution in [3.05, 3.63) is 59.4 Å². The SMILES string of the molecule is CC(Sc1nc(-c2ccc(Cl)cc2)c(-c2ccc(F)cc2)o1)C(=O)O. The summed E-state index contributed by atoms with van der Waals surface area (Å²) in [6, 6.07) is 12.9. The molecule has 0 saturated carbocycles. The van der Waals surface area contributed by atoms with Gasteiger partial charge < -0.3 is 9.52 Å². The van der Waals surface area contributed by atoms with E-state index < -0.39 is 11.2 Å². The number of oxazole rings is 1. The highest BCUT2D eigenvalue weighted by Crippen LogP contribution is 2.37. The van der Waals surface area contributed by atoms with Gasteiger partial charge in [-0.25, -0.2) is 9.37 Å². The molecule has 1 aromatic heterocycles. The lowest BCUT2D eigenvalue weighted by Gasteiger charge is -2.02. The zero-order valence-electron chi connectivity index (χ0n) is 13.1. The molecule has 1 unspecified atom stereocenters. The Hall–Kier alpha value is -2.31. The molecule has 0 spiro atoms. The largest absolute Gasteiger partial charge is 0.480 e. The Bertz CT molecular complexity index is 831. The van der Waals surface area contributed by atoms with Crippen LogP contribution in [0.4, 0.5) is 4.39 Å². The van der Waals surface area contributed by atoms with Crippen molar-refractivity contribution >= 4 is 29.3 Å². The first kappa shape index (κ1) is 17.5. The molecule has 0 aliphatic carbocycles. The second-order valence-corrected chi connectivity index (χ2v) is 7.00. The van der Waals surface area contributed by atoms with Gasteiger partial charge >= 0.3 is 5.97 Å². The van der Waals surface area contributed by atoms with Gasteiger partial charge in [0.2, 0.25) is 0 Å². The molecule has 25 heavy (non-hydrogen) atoms. The zero-order chi connectivity index (χ0) is 18.0. The number of thioether (sulfide) groups is 1. The summed E-state index contributed by atoms with van der Waals surface area (Å²) in [5, 5.41) is 9.18. The predicted octanol–water partition coefficient (Wildman–Crippen LogP) is 5.37. The van der Waals surface area contributed by atoms with Crippen LogP contribution >= 0.6 is 23.4 Å². The Morgan fingerprint density at radius 2 is 1.76 bits per heavy atom. The van der Waals surface area contributed by atoms with Crippen LogP contribution in [-0.2, 0) is 4.79 Å². The molecule has 0 aliphatic heterocycles. The fraction of sp³-hybridized carbons (Fsp3) is 0.111. The number of aliphatic carboxylic acids is 1. The van der Waals surface area contributed by atoms with E-state index in [-0.39, 0.29) is 11.0 Å². The summed E-state index contributed by atoms with van der Waals surface area (Å²) in [6.07, 6.45) is 0. The van der Waals surface area contributed by atoms with E-state index in [4.69, 9.17) is 21.1 Å². The second kappa shape index (κ2) is 7.29. The molecule has 0 aliphatic rings. The van der Waals surface area contributed by atoms with Gasteiger partial charge in [0.1, 0.15) is 16.8 Å². The number of carboxylic acid groups (broad SMARTS) is 1. The van der Waals surface area contributed by atoms with Gasteiger partial charge in [0, 0.05) is 16.1 Å². The first-order chi connectivity index (χ1) is 11.9. The first-order valence-corrected chi connectivity index (χ1v) is 8.62. The van der Waals surface area contributed by atoms with Gasteiger partial charge in [-0.1, -0.05) is 35.5 Å². The highest BCUT2D eigenvalue weighted by atomic mass is 35.5. The van der Waals surface area contributed by atoms with Gasteiger partial charge in [-0.2, -0.15) is 0 Å². The molecule has 128 valence electrons. The van der Waals surface area contributed by atoms with Crippen LogP contribution < -0.4 is 0 Å². The first-order valence-electron chi connectivity index (χ1n) is 7.36. The fourth-order valence-corrected chi connectivity index (χ4v) is 2.96. The van der Waals surface area contributed by atoms with Gasteiger partial charge in [0.25, 0.3) is 5.22 Å². The molecule has 4 nitrogen and oxygen atoms in total. The molecule has 1 heterocycles. The van der Waals surface area contributed by atoms with Crippen LogP contribution in [-0.4, -0.2) is 21.3 Å². The molecule has 0 bridgehead atoms. The lowest BCUT2D eigenvalue weighted by Crippen LogP contribution is -2.10. The fourth-order valence-electron chi connectivity index (χ4n) is 2.15. The van der Waals surface area contributed by atoms with Crippen LogP contribution in [0.15, 0.2) is 58.2 Å². The number of hydrogen-bond acceptors (Lipinski definition) is 4. The van der Waals surface area contributed by atoms with Crippen LogP contribution in [0.2, 0.25) is 5.02 Å². The minimum absolute atomic E-state index is 0.235. The zero-order valence-corrected chi connectivity index (χ0v) is 14.6. The lowest BCUT2D eigenvalue weighted by atomic mass is 10.1. The number of halogens is 2. The van der Waals surface area contributed by atoms with E-state index >= 15 is 0 Å². The summed E-state index contributed by atoms with van der Waals surface area (Å²) < 4.78 is 19.0. The molecule has 3 aromatic rings. The number of carboxylic acids is 1. The summed E-state index contributed by atoms with van der Waals surface area (Å²) in [4.78, 5) is 15.5. The van der Waals surface area contributed by atoms with Crippen LogP contribution in [0.5, 0.6) is 0 Å². The monoisotopic (exact) mass is 377 g/mol. The molecule has 0 amide bonds. The van der Waals surface area contributed by atoms with E-state index in [1.54, 1.807) is 43.3 Å². The molecule has 0 saturated heterocycles. The van der Waals surface area contributed by atoms with Gasteiger partial charge in [0.15, 0.2) is 5.76 Å². The molecule has 1 atom stereocenters. The number of rotatable bonds is 5. The molecule has 7 heteroatoms. The van der Waals surface area contributed by atoms with Crippen LogP contribution in [0.3, 0.4) is 0 Å². The molecule has 3 rings (SSSR count). The van der Waals surface area contributed by atoms with Crippen LogP contribution in [0.1, 0.15) is 6.92 Å². The smallest absolute Gasteiger partial charge is 0.316 e. The Morgan fingerprint density at radius 3 is 2.36 bits per heavy atom. The summed E-state index contributed by atoms with van der Waals surface area (Å²) in [7, 11) is 0. The van der Waals surface area contributed by atoms with Crippen molar-refractivity contribution in [2.75, 3.05) is 0 Å². The summed E-state index contributed by atoms with van der Waals surface area (Å²) >= 11 is 6.93. The van der Waals surface area contributed by atoms with Crippen molar-refractivity contribution in [2.45, 2.75) is 17.4 Å². The lowest BCUT2D eigenvalue weighted by molar-refractivity contribution is -0.136. The third-order valence-electron chi connectivity index (χ3n) is 3.46. The number of nitrogens with zero attached hydrogens (tertiary/aromatic N) is 1. The van der Waals surface area contributed by atoms with E-state index in [9.17, 15) is 9.18 Å². The number of aromatic nitrogens is 1. The summed E-state index contributed by atoms with van der Waals surface area (Å²) in [5.74, 6) is -0.868. The van der Waals surface area contributed by atoms with Gasteiger partial charge in [-0.05, 0) is 43.3 Å². The Morgan fingerprint density at radius 1 is 1.16 bits per heavy atom. The summed E-state index contributed by atoms with van der Waals surface area (Å²) in [6.45, 7) is 1.55. The van der Waals surface area contributed by atoms with Crippen molar-refractivity contribution in [1.29, 1.82) is 0 Å². The quantitative estimate of drug-likeness (QED) is 0.606. The van der Waals surface area contributed by atoms with E-state index in [2.05, 4.69) is 4.98 Å². The third kappa shape index (κ3) is 4.03. The number of hydrogen-bond donors (Lipinski definition) is 1. The predicted molar refractivity (Wildman–Crippen MR) is 95.3 cm³/mol. The van der Waals surface area contributed by atoms with Crippen molar-refractivity contribution in [2.24, 2.45) is 0 Å². The highest BCUT2D eigenvalue weighted by Gasteiger charge is 2.21. The van der Waals surface area contributed by atoms with E-state index in [0.717, 1.165) is 17.3 Å². The highest BCUT2D eigenvalue weighted by molar-refractivity contribution is 8.00. The molecular formula is C18H13ClFNO3S. The van der Waals surface area contributed by atoms with Crippen LogP contribution in [0.25, 0.3) is 22.6 Å². The molecule has 2 aromatic carbocycles.